The molecule has 21 heavy (non-hydrogen) atoms. The number of carbonyl (C=O) groups excluding carboxylic acids is 1. The van der Waals surface area contributed by atoms with Gasteiger partial charge in [0.1, 0.15) is 5.76 Å². The maximum absolute atomic E-state index is 12.8. The third-order valence-corrected chi connectivity index (χ3v) is 4.85. The lowest BCUT2D eigenvalue weighted by atomic mass is 10.1. The van der Waals surface area contributed by atoms with Crippen LogP contribution in [0.1, 0.15) is 29.9 Å². The maximum Gasteiger partial charge on any atom is 0.226 e. The summed E-state index contributed by atoms with van der Waals surface area (Å²) in [5.74, 6) is 1.09. The molecule has 2 aromatic rings. The summed E-state index contributed by atoms with van der Waals surface area (Å²) in [7, 11) is 0. The van der Waals surface area contributed by atoms with Crippen molar-refractivity contribution in [1.29, 1.82) is 0 Å². The van der Waals surface area contributed by atoms with Crippen LogP contribution in [-0.4, -0.2) is 16.8 Å². The summed E-state index contributed by atoms with van der Waals surface area (Å²) in [5.41, 5.74) is 5.95. The molecule has 2 heterocycles. The second-order valence-electron chi connectivity index (χ2n) is 5.62. The van der Waals surface area contributed by atoms with Crippen LogP contribution in [0.3, 0.4) is 0 Å². The first-order chi connectivity index (χ1) is 10.2. The number of rotatable bonds is 5. The molecule has 2 unspecified atom stereocenters. The lowest BCUT2D eigenvalue weighted by molar-refractivity contribution is -0.136. The van der Waals surface area contributed by atoms with Crippen molar-refractivity contribution in [2.45, 2.75) is 38.4 Å². The zero-order valence-electron chi connectivity index (χ0n) is 11.9. The Morgan fingerprint density at radius 1 is 1.33 bits per heavy atom. The molecule has 0 aliphatic heterocycles. The minimum absolute atomic E-state index is 0.0647. The molecule has 112 valence electrons. The largest absolute Gasteiger partial charge is 0.467 e. The molecule has 1 fully saturated rings. The summed E-state index contributed by atoms with van der Waals surface area (Å²) in [6, 6.07) is 8.02. The lowest BCUT2D eigenvalue weighted by Gasteiger charge is -2.24. The maximum atomic E-state index is 12.8. The average Bonchev–Trinajstić information content (AvgIpc) is 3.19. The fourth-order valence-electron chi connectivity index (χ4n) is 2.89. The number of carbonyl (C=O) groups is 1. The van der Waals surface area contributed by atoms with Gasteiger partial charge >= 0.3 is 0 Å². The van der Waals surface area contributed by atoms with Gasteiger partial charge < -0.3 is 15.1 Å². The van der Waals surface area contributed by atoms with Crippen LogP contribution < -0.4 is 5.73 Å². The van der Waals surface area contributed by atoms with Gasteiger partial charge in [0, 0.05) is 16.8 Å². The van der Waals surface area contributed by atoms with Crippen molar-refractivity contribution in [1.82, 2.24) is 4.90 Å². The molecular weight excluding hydrogens is 284 g/mol. The van der Waals surface area contributed by atoms with E-state index in [2.05, 4.69) is 6.07 Å². The van der Waals surface area contributed by atoms with Gasteiger partial charge in [0.15, 0.2) is 0 Å². The minimum Gasteiger partial charge on any atom is -0.467 e. The third kappa shape index (κ3) is 3.54. The number of thiophene rings is 1. The van der Waals surface area contributed by atoms with E-state index < -0.39 is 0 Å². The van der Waals surface area contributed by atoms with Gasteiger partial charge in [0.2, 0.25) is 5.91 Å². The van der Waals surface area contributed by atoms with E-state index in [4.69, 9.17) is 10.2 Å². The molecule has 2 atom stereocenters. The zero-order chi connectivity index (χ0) is 14.7. The highest BCUT2D eigenvalue weighted by Gasteiger charge is 2.31. The minimum atomic E-state index is 0.0647. The number of amides is 1. The highest BCUT2D eigenvalue weighted by molar-refractivity contribution is 7.09. The number of nitrogens with two attached hydrogens (primary N) is 1. The molecule has 1 saturated carbocycles. The van der Waals surface area contributed by atoms with Crippen molar-refractivity contribution in [3.63, 3.8) is 0 Å². The van der Waals surface area contributed by atoms with Crippen LogP contribution in [0.4, 0.5) is 0 Å². The van der Waals surface area contributed by atoms with Crippen molar-refractivity contribution in [2.75, 3.05) is 0 Å². The fourth-order valence-corrected chi connectivity index (χ4v) is 3.61. The molecule has 1 amide bonds. The van der Waals surface area contributed by atoms with E-state index in [1.807, 2.05) is 28.5 Å². The monoisotopic (exact) mass is 304 g/mol. The van der Waals surface area contributed by atoms with E-state index in [0.717, 1.165) is 25.0 Å². The molecule has 1 aliphatic rings. The van der Waals surface area contributed by atoms with Crippen LogP contribution in [-0.2, 0) is 17.9 Å². The summed E-state index contributed by atoms with van der Waals surface area (Å²) in [6.45, 7) is 1.17. The Hall–Kier alpha value is -1.59. The van der Waals surface area contributed by atoms with Crippen molar-refractivity contribution < 1.29 is 9.21 Å². The molecule has 4 nitrogen and oxygen atoms in total. The fraction of sp³-hybridized carbons (Fsp3) is 0.438. The summed E-state index contributed by atoms with van der Waals surface area (Å²) in [4.78, 5) is 15.9. The summed E-state index contributed by atoms with van der Waals surface area (Å²) in [6.07, 6.45) is 4.30. The number of nitrogens with zero attached hydrogens (tertiary/aromatic N) is 1. The Morgan fingerprint density at radius 3 is 2.86 bits per heavy atom. The smallest absolute Gasteiger partial charge is 0.226 e. The van der Waals surface area contributed by atoms with Crippen LogP contribution in [0.2, 0.25) is 0 Å². The van der Waals surface area contributed by atoms with E-state index in [1.165, 1.54) is 4.88 Å². The van der Waals surface area contributed by atoms with Gasteiger partial charge in [-0.1, -0.05) is 6.07 Å². The summed E-state index contributed by atoms with van der Waals surface area (Å²) < 4.78 is 5.40. The first-order valence-corrected chi connectivity index (χ1v) is 8.19. The Morgan fingerprint density at radius 2 is 2.24 bits per heavy atom. The van der Waals surface area contributed by atoms with Crippen LogP contribution >= 0.6 is 11.3 Å². The van der Waals surface area contributed by atoms with Gasteiger partial charge in [-0.2, -0.15) is 0 Å². The molecule has 2 N–H and O–H groups in total. The van der Waals surface area contributed by atoms with Crippen LogP contribution in [0.25, 0.3) is 0 Å². The molecule has 3 rings (SSSR count). The van der Waals surface area contributed by atoms with Gasteiger partial charge in [0.25, 0.3) is 0 Å². The second-order valence-corrected chi connectivity index (χ2v) is 6.66. The Kier molecular flexibility index (Phi) is 4.41. The first-order valence-electron chi connectivity index (χ1n) is 7.31. The van der Waals surface area contributed by atoms with Crippen molar-refractivity contribution >= 4 is 17.2 Å². The highest BCUT2D eigenvalue weighted by atomic mass is 32.1. The SMILES string of the molecule is NC1CCC(C(=O)N(Cc2ccco2)Cc2cccs2)C1. The van der Waals surface area contributed by atoms with Gasteiger partial charge in [-0.3, -0.25) is 4.79 Å². The molecule has 5 heteroatoms. The van der Waals surface area contributed by atoms with Crippen LogP contribution in [0.5, 0.6) is 0 Å². The second kappa shape index (κ2) is 6.45. The van der Waals surface area contributed by atoms with E-state index >= 15 is 0 Å². The van der Waals surface area contributed by atoms with Crippen molar-refractivity contribution in [2.24, 2.45) is 11.7 Å². The predicted octanol–water partition coefficient (Wildman–Crippen LogP) is 3.00. The molecule has 0 saturated heterocycles. The normalized spacial score (nSPS) is 21.6. The Labute approximate surface area is 128 Å². The zero-order valence-corrected chi connectivity index (χ0v) is 12.7. The molecule has 0 spiro atoms. The quantitative estimate of drug-likeness (QED) is 0.923. The first kappa shape index (κ1) is 14.4. The molecule has 0 bridgehead atoms. The Balaban J connectivity index is 1.72. The highest BCUT2D eigenvalue weighted by Crippen LogP contribution is 2.27. The van der Waals surface area contributed by atoms with Crippen LogP contribution in [0, 0.1) is 5.92 Å². The van der Waals surface area contributed by atoms with Gasteiger partial charge in [0.05, 0.1) is 19.4 Å². The average molecular weight is 304 g/mol. The number of furan rings is 1. The molecule has 0 radical (unpaired) electrons. The van der Waals surface area contributed by atoms with Crippen molar-refractivity contribution in [3.05, 3.63) is 46.5 Å². The summed E-state index contributed by atoms with van der Waals surface area (Å²) >= 11 is 1.68. The van der Waals surface area contributed by atoms with E-state index in [-0.39, 0.29) is 17.9 Å². The molecular formula is C16H20N2O2S. The summed E-state index contributed by atoms with van der Waals surface area (Å²) in [5, 5.41) is 2.04. The lowest BCUT2D eigenvalue weighted by Crippen LogP contribution is -2.34. The van der Waals surface area contributed by atoms with Crippen LogP contribution in [0.15, 0.2) is 40.3 Å². The van der Waals surface area contributed by atoms with Gasteiger partial charge in [-0.05, 0) is 42.8 Å². The van der Waals surface area contributed by atoms with E-state index in [1.54, 1.807) is 17.6 Å². The van der Waals surface area contributed by atoms with Gasteiger partial charge in [-0.25, -0.2) is 0 Å². The van der Waals surface area contributed by atoms with E-state index in [0.29, 0.717) is 13.1 Å². The molecule has 2 aromatic heterocycles. The number of hydrogen-bond donors (Lipinski definition) is 1. The topological polar surface area (TPSA) is 59.5 Å². The van der Waals surface area contributed by atoms with E-state index in [9.17, 15) is 4.79 Å². The molecule has 0 aromatic carbocycles. The van der Waals surface area contributed by atoms with Gasteiger partial charge in [-0.15, -0.1) is 11.3 Å². The molecule has 1 aliphatic carbocycles. The predicted molar refractivity (Wildman–Crippen MR) is 82.6 cm³/mol. The van der Waals surface area contributed by atoms with Crippen molar-refractivity contribution in [3.8, 4) is 0 Å². The number of hydrogen-bond acceptors (Lipinski definition) is 4. The third-order valence-electron chi connectivity index (χ3n) is 3.99. The Bertz CT molecular complexity index is 529. The standard InChI is InChI=1S/C16H20N2O2S/c17-13-6-5-12(9-13)16(19)18(10-14-3-1-7-20-14)11-15-4-2-8-21-15/h1-4,7-8,12-13H,5-6,9-11,17H2.